The van der Waals surface area contributed by atoms with Crippen LogP contribution in [0.2, 0.25) is 0 Å². The molecule has 0 aliphatic rings. The van der Waals surface area contributed by atoms with Gasteiger partial charge in [0.1, 0.15) is 10.1 Å². The van der Waals surface area contributed by atoms with Crippen LogP contribution in [-0.4, -0.2) is 38.3 Å². The summed E-state index contributed by atoms with van der Waals surface area (Å²) in [5.41, 5.74) is 0.928. The number of hydrogen-bond donors (Lipinski definition) is 0. The van der Waals surface area contributed by atoms with Crippen molar-refractivity contribution in [3.05, 3.63) is 60.4 Å². The van der Waals surface area contributed by atoms with Crippen LogP contribution in [0.25, 0.3) is 0 Å². The van der Waals surface area contributed by atoms with Gasteiger partial charge in [-0.15, -0.1) is 0 Å². The summed E-state index contributed by atoms with van der Waals surface area (Å²) in [7, 11) is -0.452. The predicted octanol–water partition coefficient (Wildman–Crippen LogP) is 1.42. The van der Waals surface area contributed by atoms with Gasteiger partial charge in [-0.05, 0) is 19.1 Å². The number of benzene rings is 1. The third-order valence-corrected chi connectivity index (χ3v) is 3.54. The maximum atomic E-state index is 10.4. The molecule has 0 atom stereocenters. The van der Waals surface area contributed by atoms with E-state index in [1.54, 1.807) is 17.1 Å². The zero-order valence-electron chi connectivity index (χ0n) is 13.5. The second kappa shape index (κ2) is 9.02. The van der Waals surface area contributed by atoms with Gasteiger partial charge in [0.2, 0.25) is 0 Å². The summed E-state index contributed by atoms with van der Waals surface area (Å²) in [6.45, 7) is 2.64. The molecule has 23 heavy (non-hydrogen) atoms. The van der Waals surface area contributed by atoms with Crippen LogP contribution in [0.4, 0.5) is 0 Å². The van der Waals surface area contributed by atoms with Gasteiger partial charge in [0, 0.05) is 26.2 Å². The molecule has 0 radical (unpaired) electrons. The van der Waals surface area contributed by atoms with Crippen LogP contribution in [-0.2, 0) is 16.7 Å². The van der Waals surface area contributed by atoms with E-state index in [9.17, 15) is 13.0 Å². The van der Waals surface area contributed by atoms with Crippen molar-refractivity contribution in [1.82, 2.24) is 5.01 Å². The van der Waals surface area contributed by atoms with Crippen molar-refractivity contribution < 1.29 is 17.5 Å². The molecule has 0 bridgehead atoms. The Kier molecular flexibility index (Phi) is 7.37. The Balaban J connectivity index is 0.000000231. The highest BCUT2D eigenvalue weighted by atomic mass is 32.2. The molecule has 0 aliphatic heterocycles. The highest BCUT2D eigenvalue weighted by molar-refractivity contribution is 7.85. The first-order chi connectivity index (χ1) is 10.8. The van der Waals surface area contributed by atoms with E-state index in [2.05, 4.69) is 9.67 Å². The number of nitrogens with zero attached hydrogens (tertiary/aromatic N) is 3. The summed E-state index contributed by atoms with van der Waals surface area (Å²) in [6.07, 6.45) is 5.91. The summed E-state index contributed by atoms with van der Waals surface area (Å²) in [5, 5.41) is 5.89. The number of pyridine rings is 1. The number of aromatic nitrogens is 1. The molecule has 0 fully saturated rings. The van der Waals surface area contributed by atoms with E-state index in [1.165, 1.54) is 12.1 Å². The van der Waals surface area contributed by atoms with Gasteiger partial charge in [-0.3, -0.25) is 0 Å². The maximum Gasteiger partial charge on any atom is 0.185 e. The molecule has 7 heteroatoms. The maximum absolute atomic E-state index is 10.4. The molecular formula is C16H21N3O3S. The topological polar surface area (TPSA) is 76.7 Å². The minimum absolute atomic E-state index is 0.178. The smallest absolute Gasteiger partial charge is 0.185 e. The number of hydrogen-bond acceptors (Lipinski definition) is 5. The van der Waals surface area contributed by atoms with Gasteiger partial charge in [-0.2, -0.15) is 9.67 Å². The van der Waals surface area contributed by atoms with Gasteiger partial charge in [-0.1, -0.05) is 23.8 Å². The van der Waals surface area contributed by atoms with Crippen molar-refractivity contribution in [3.63, 3.8) is 0 Å². The molecule has 0 saturated carbocycles. The summed E-state index contributed by atoms with van der Waals surface area (Å²) in [4.78, 5) is -0.178. The number of aryl methyl sites for hydroxylation is 1. The van der Waals surface area contributed by atoms with E-state index in [0.717, 1.165) is 12.1 Å². The molecule has 2 rings (SSSR count). The summed E-state index contributed by atoms with van der Waals surface area (Å²) < 4.78 is 33.2. The molecule has 0 spiro atoms. The second-order valence-corrected chi connectivity index (χ2v) is 6.36. The fourth-order valence-electron chi connectivity index (χ4n) is 1.56. The second-order valence-electron chi connectivity index (χ2n) is 4.98. The first-order valence-corrected chi connectivity index (χ1v) is 8.36. The van der Waals surface area contributed by atoms with Crippen molar-refractivity contribution in [3.8, 4) is 0 Å². The van der Waals surface area contributed by atoms with Gasteiger partial charge in [0.15, 0.2) is 18.9 Å². The molecule has 1 aromatic carbocycles. The Morgan fingerprint density at radius 3 is 2.17 bits per heavy atom. The lowest BCUT2D eigenvalue weighted by atomic mass is 10.2. The lowest BCUT2D eigenvalue weighted by Crippen LogP contribution is -2.33. The van der Waals surface area contributed by atoms with E-state index >= 15 is 0 Å². The van der Waals surface area contributed by atoms with Crippen molar-refractivity contribution in [2.45, 2.75) is 18.4 Å². The Morgan fingerprint density at radius 1 is 1.13 bits per heavy atom. The molecule has 2 aromatic rings. The first-order valence-electron chi connectivity index (χ1n) is 6.95. The normalized spacial score (nSPS) is 11.0. The Labute approximate surface area is 137 Å². The van der Waals surface area contributed by atoms with E-state index in [0.29, 0.717) is 0 Å². The van der Waals surface area contributed by atoms with E-state index in [4.69, 9.17) is 0 Å². The van der Waals surface area contributed by atoms with Crippen molar-refractivity contribution in [2.75, 3.05) is 14.1 Å². The van der Waals surface area contributed by atoms with Gasteiger partial charge < -0.3 is 9.56 Å². The van der Waals surface area contributed by atoms with E-state index < -0.39 is 10.1 Å². The zero-order valence-corrected chi connectivity index (χ0v) is 14.3. The Morgan fingerprint density at radius 2 is 1.70 bits per heavy atom. The van der Waals surface area contributed by atoms with Gasteiger partial charge in [-0.25, -0.2) is 8.42 Å². The molecule has 0 unspecified atom stereocenters. The lowest BCUT2D eigenvalue weighted by Gasteiger charge is -2.05. The van der Waals surface area contributed by atoms with Crippen LogP contribution in [0.3, 0.4) is 0 Å². The number of rotatable bonds is 4. The van der Waals surface area contributed by atoms with Gasteiger partial charge in [0.25, 0.3) is 0 Å². The summed E-state index contributed by atoms with van der Waals surface area (Å²) >= 11 is 0. The minimum Gasteiger partial charge on any atom is -0.744 e. The fourth-order valence-corrected chi connectivity index (χ4v) is 2.02. The number of hydrazone groups is 1. The van der Waals surface area contributed by atoms with Crippen LogP contribution in [0.5, 0.6) is 0 Å². The third kappa shape index (κ3) is 8.08. The minimum atomic E-state index is -4.27. The van der Waals surface area contributed by atoms with Gasteiger partial charge in [0.05, 0.1) is 11.1 Å². The molecule has 0 saturated heterocycles. The predicted molar refractivity (Wildman–Crippen MR) is 88.0 cm³/mol. The molecule has 0 aliphatic carbocycles. The standard InChI is InChI=1S/C9H14N3.C7H8O3S/c1-11(2)10-6-9-12-7-4-3-5-8-12;1-6-2-4-7(5-3-6)11(8,9)10/h3-8H,9H2,1-2H3;2-5H,1H3,(H,8,9,10)/q+1;/p-1. The Hall–Kier alpha value is -2.25. The quantitative estimate of drug-likeness (QED) is 0.366. The van der Waals surface area contributed by atoms with Gasteiger partial charge >= 0.3 is 0 Å². The zero-order chi connectivity index (χ0) is 17.3. The van der Waals surface area contributed by atoms with Crippen LogP contribution in [0.1, 0.15) is 5.56 Å². The molecule has 0 amide bonds. The molecule has 6 nitrogen and oxygen atoms in total. The van der Waals surface area contributed by atoms with Crippen LogP contribution in [0, 0.1) is 6.92 Å². The van der Waals surface area contributed by atoms with E-state index in [1.807, 2.05) is 57.8 Å². The van der Waals surface area contributed by atoms with Crippen LogP contribution in [0.15, 0.2) is 64.9 Å². The monoisotopic (exact) mass is 335 g/mol. The highest BCUT2D eigenvalue weighted by Gasteiger charge is 1.97. The molecule has 124 valence electrons. The van der Waals surface area contributed by atoms with Crippen LogP contribution >= 0.6 is 0 Å². The third-order valence-electron chi connectivity index (χ3n) is 2.69. The van der Waals surface area contributed by atoms with Crippen molar-refractivity contribution in [2.24, 2.45) is 5.10 Å². The van der Waals surface area contributed by atoms with Crippen molar-refractivity contribution >= 4 is 16.3 Å². The molecule has 0 N–H and O–H groups in total. The van der Waals surface area contributed by atoms with Crippen molar-refractivity contribution in [1.29, 1.82) is 0 Å². The summed E-state index contributed by atoms with van der Waals surface area (Å²) in [5.74, 6) is 0. The fraction of sp³-hybridized carbons (Fsp3) is 0.250. The van der Waals surface area contributed by atoms with E-state index in [-0.39, 0.29) is 4.90 Å². The highest BCUT2D eigenvalue weighted by Crippen LogP contribution is 2.08. The SMILES string of the molecule is CN(C)N=CC[n+]1ccccc1.Cc1ccc(S(=O)(=O)[O-])cc1. The largest absolute Gasteiger partial charge is 0.744 e. The summed E-state index contributed by atoms with van der Waals surface area (Å²) in [6, 6.07) is 11.8. The average molecular weight is 335 g/mol. The first kappa shape index (κ1) is 18.8. The molecule has 1 heterocycles. The molecule has 1 aromatic heterocycles. The lowest BCUT2D eigenvalue weighted by molar-refractivity contribution is -0.681. The average Bonchev–Trinajstić information content (AvgIpc) is 2.48. The Bertz CT molecular complexity index is 712. The van der Waals surface area contributed by atoms with Crippen LogP contribution < -0.4 is 4.57 Å². The molecular weight excluding hydrogens is 314 g/mol.